The number of unbranched alkanes of at least 4 members (excludes halogenated alkanes) is 6. The molecular weight excluding hydrogens is 411 g/mol. The monoisotopic (exact) mass is 448 g/mol. The lowest BCUT2D eigenvalue weighted by Crippen LogP contribution is -2.18. The lowest BCUT2D eigenvalue weighted by atomic mass is 10.2. The maximum absolute atomic E-state index is 10.2. The molecule has 0 unspecified atom stereocenters. The fourth-order valence-corrected chi connectivity index (χ4v) is 5.93. The van der Waals surface area contributed by atoms with E-state index in [4.69, 9.17) is 21.3 Å². The number of aliphatic hydroxyl groups is 1. The van der Waals surface area contributed by atoms with E-state index in [9.17, 15) is 5.11 Å². The van der Waals surface area contributed by atoms with Gasteiger partial charge in [-0.15, -0.1) is 0 Å². The maximum Gasteiger partial charge on any atom is 0.119 e. The Hall–Kier alpha value is -1.35. The molecule has 1 N–H and O–H groups in total. The lowest BCUT2D eigenvalue weighted by Gasteiger charge is -2.21. The van der Waals surface area contributed by atoms with Crippen molar-refractivity contribution < 1.29 is 14.6 Å². The van der Waals surface area contributed by atoms with Gasteiger partial charge in [0.25, 0.3) is 0 Å². The molecule has 166 valence electrons. The molecule has 0 spiro atoms. The molecule has 0 saturated carbocycles. The standard InChI is InChI=1S/C25H37O3PS/c1-3-5-7-9-19-27-22-11-15-24(16-12-22)29(30,21-26)25-17-13-23(14-18-25)28-20-10-8-6-4-2/h11-18,26H,3-10,19-21H2,1-2H3. The van der Waals surface area contributed by atoms with Gasteiger partial charge < -0.3 is 14.6 Å². The summed E-state index contributed by atoms with van der Waals surface area (Å²) in [6, 6.07) is 13.7. The SMILES string of the molecule is CCCCCCOc1ccc(P(=S)(CO)c2ccc(OCCCCCC)cc2)cc1. The number of benzene rings is 2. The molecule has 5 heteroatoms. The van der Waals surface area contributed by atoms with Gasteiger partial charge in [0.15, 0.2) is 0 Å². The molecule has 0 aliphatic carbocycles. The summed E-state index contributed by atoms with van der Waals surface area (Å²) in [5.74, 6) is 1.73. The van der Waals surface area contributed by atoms with Gasteiger partial charge in [-0.05, 0) is 72.0 Å². The van der Waals surface area contributed by atoms with Crippen LogP contribution in [-0.2, 0) is 11.8 Å². The summed E-state index contributed by atoms with van der Waals surface area (Å²) in [7, 11) is 0. The summed E-state index contributed by atoms with van der Waals surface area (Å²) < 4.78 is 11.7. The molecule has 0 radical (unpaired) electrons. The number of hydrogen-bond donors (Lipinski definition) is 1. The zero-order valence-electron chi connectivity index (χ0n) is 18.5. The Morgan fingerprint density at radius 2 is 1.07 bits per heavy atom. The number of rotatable bonds is 15. The van der Waals surface area contributed by atoms with E-state index in [1.165, 1.54) is 38.5 Å². The van der Waals surface area contributed by atoms with E-state index >= 15 is 0 Å². The molecule has 3 nitrogen and oxygen atoms in total. The van der Waals surface area contributed by atoms with E-state index in [0.29, 0.717) is 0 Å². The summed E-state index contributed by atoms with van der Waals surface area (Å²) in [5.41, 5.74) is 0. The van der Waals surface area contributed by atoms with Crippen molar-refractivity contribution >= 4 is 28.5 Å². The van der Waals surface area contributed by atoms with Gasteiger partial charge in [-0.25, -0.2) is 0 Å². The molecule has 0 atom stereocenters. The Kier molecular flexibility index (Phi) is 11.5. The van der Waals surface area contributed by atoms with Crippen LogP contribution in [-0.4, -0.2) is 24.7 Å². The summed E-state index contributed by atoms with van der Waals surface area (Å²) in [4.78, 5) is 0. The van der Waals surface area contributed by atoms with Crippen molar-refractivity contribution in [1.29, 1.82) is 0 Å². The highest BCUT2D eigenvalue weighted by Crippen LogP contribution is 2.43. The minimum atomic E-state index is -2.25. The van der Waals surface area contributed by atoms with E-state index in [0.717, 1.165) is 48.2 Å². The smallest absolute Gasteiger partial charge is 0.119 e. The second kappa shape index (κ2) is 13.9. The Labute approximate surface area is 187 Å². The van der Waals surface area contributed by atoms with E-state index in [2.05, 4.69) is 13.8 Å². The molecule has 0 aromatic heterocycles. The first-order valence-electron chi connectivity index (χ1n) is 11.3. The van der Waals surface area contributed by atoms with E-state index in [1.54, 1.807) is 0 Å². The molecule has 0 aliphatic heterocycles. The average molecular weight is 449 g/mol. The average Bonchev–Trinajstić information content (AvgIpc) is 2.79. The first kappa shape index (κ1) is 24.9. The lowest BCUT2D eigenvalue weighted by molar-refractivity contribution is 0.305. The molecule has 0 bridgehead atoms. The van der Waals surface area contributed by atoms with Gasteiger partial charge in [-0.1, -0.05) is 64.2 Å². The Morgan fingerprint density at radius 3 is 1.40 bits per heavy atom. The largest absolute Gasteiger partial charge is 0.494 e. The molecule has 0 saturated heterocycles. The van der Waals surface area contributed by atoms with Gasteiger partial charge in [0.05, 0.1) is 19.6 Å². The first-order chi connectivity index (χ1) is 14.6. The van der Waals surface area contributed by atoms with Crippen molar-refractivity contribution in [3.05, 3.63) is 48.5 Å². The van der Waals surface area contributed by atoms with Crippen LogP contribution in [0, 0.1) is 0 Å². The zero-order valence-corrected chi connectivity index (χ0v) is 20.2. The third-order valence-corrected chi connectivity index (χ3v) is 9.51. The summed E-state index contributed by atoms with van der Waals surface area (Å²) in [5, 5.41) is 12.2. The normalized spacial score (nSPS) is 11.4. The maximum atomic E-state index is 10.2. The summed E-state index contributed by atoms with van der Waals surface area (Å²) in [6.07, 6.45) is 9.51. The second-order valence-electron chi connectivity index (χ2n) is 7.69. The van der Waals surface area contributed by atoms with Crippen LogP contribution >= 0.6 is 6.04 Å². The van der Waals surface area contributed by atoms with Crippen molar-refractivity contribution in [3.8, 4) is 11.5 Å². The van der Waals surface area contributed by atoms with Gasteiger partial charge in [0.2, 0.25) is 0 Å². The van der Waals surface area contributed by atoms with Crippen LogP contribution in [0.25, 0.3) is 0 Å². The first-order valence-corrected chi connectivity index (χ1v) is 14.3. The number of hydrogen-bond acceptors (Lipinski definition) is 4. The predicted octanol–water partition coefficient (Wildman–Crippen LogP) is 5.98. The topological polar surface area (TPSA) is 38.7 Å². The fourth-order valence-electron chi connectivity index (χ4n) is 3.32. The molecule has 0 heterocycles. The molecule has 0 fully saturated rings. The van der Waals surface area contributed by atoms with Crippen molar-refractivity contribution in [2.45, 2.75) is 65.2 Å². The van der Waals surface area contributed by atoms with Gasteiger partial charge in [0.1, 0.15) is 11.5 Å². The molecule has 2 aromatic rings. The summed E-state index contributed by atoms with van der Waals surface area (Å²) >= 11 is 5.97. The van der Waals surface area contributed by atoms with Crippen LogP contribution in [0.5, 0.6) is 11.5 Å². The van der Waals surface area contributed by atoms with Gasteiger partial charge in [0, 0.05) is 6.04 Å². The van der Waals surface area contributed by atoms with Crippen molar-refractivity contribution in [2.75, 3.05) is 19.6 Å². The van der Waals surface area contributed by atoms with E-state index in [1.807, 2.05) is 48.5 Å². The Balaban J connectivity index is 1.96. The van der Waals surface area contributed by atoms with Gasteiger partial charge in [-0.2, -0.15) is 0 Å². The van der Waals surface area contributed by atoms with Crippen molar-refractivity contribution in [3.63, 3.8) is 0 Å². The third kappa shape index (κ3) is 7.72. The second-order valence-corrected chi connectivity index (χ2v) is 12.4. The van der Waals surface area contributed by atoms with Crippen LogP contribution in [0.15, 0.2) is 48.5 Å². The Bertz CT molecular complexity index is 697. The minimum Gasteiger partial charge on any atom is -0.494 e. The molecule has 0 amide bonds. The third-order valence-electron chi connectivity index (χ3n) is 5.24. The van der Waals surface area contributed by atoms with Crippen LogP contribution < -0.4 is 20.1 Å². The summed E-state index contributed by atoms with van der Waals surface area (Å²) in [6.45, 7) is 5.90. The molecule has 0 aliphatic rings. The van der Waals surface area contributed by atoms with Gasteiger partial charge in [-0.3, -0.25) is 0 Å². The van der Waals surface area contributed by atoms with Crippen molar-refractivity contribution in [2.24, 2.45) is 0 Å². The van der Waals surface area contributed by atoms with Crippen LogP contribution in [0.1, 0.15) is 65.2 Å². The number of ether oxygens (including phenoxy) is 2. The molecule has 2 aromatic carbocycles. The highest BCUT2D eigenvalue weighted by Gasteiger charge is 2.21. The minimum absolute atomic E-state index is 0.0310. The molecule has 2 rings (SSSR count). The predicted molar refractivity (Wildman–Crippen MR) is 133 cm³/mol. The van der Waals surface area contributed by atoms with E-state index in [-0.39, 0.29) is 6.35 Å². The highest BCUT2D eigenvalue weighted by molar-refractivity contribution is 8.21. The molecular formula is C25H37O3PS. The van der Waals surface area contributed by atoms with Crippen molar-refractivity contribution in [1.82, 2.24) is 0 Å². The highest BCUT2D eigenvalue weighted by atomic mass is 32.4. The fraction of sp³-hybridized carbons (Fsp3) is 0.520. The number of aliphatic hydroxyl groups excluding tert-OH is 1. The van der Waals surface area contributed by atoms with Crippen LogP contribution in [0.2, 0.25) is 0 Å². The van der Waals surface area contributed by atoms with Gasteiger partial charge >= 0.3 is 0 Å². The Morgan fingerprint density at radius 1 is 0.667 bits per heavy atom. The zero-order chi connectivity index (χ0) is 21.7. The quantitative estimate of drug-likeness (QED) is 0.268. The molecule has 30 heavy (non-hydrogen) atoms. The van der Waals surface area contributed by atoms with E-state index < -0.39 is 6.04 Å². The van der Waals surface area contributed by atoms with Crippen LogP contribution in [0.3, 0.4) is 0 Å². The van der Waals surface area contributed by atoms with Crippen LogP contribution in [0.4, 0.5) is 0 Å².